The van der Waals surface area contributed by atoms with Crippen molar-refractivity contribution in [3.63, 3.8) is 0 Å². The molecular weight excluding hydrogens is 420 g/mol. The van der Waals surface area contributed by atoms with E-state index in [4.69, 9.17) is 16.3 Å². The molecule has 0 atom stereocenters. The largest absolute Gasteiger partial charge is 0.456 e. The Labute approximate surface area is 186 Å². The molecule has 0 aromatic heterocycles. The van der Waals surface area contributed by atoms with Crippen LogP contribution in [0.1, 0.15) is 53.3 Å². The van der Waals surface area contributed by atoms with Gasteiger partial charge >= 0.3 is 5.97 Å². The number of hydrogen-bond acceptors (Lipinski definition) is 5. The van der Waals surface area contributed by atoms with Crippen molar-refractivity contribution in [3.05, 3.63) is 64.7 Å². The van der Waals surface area contributed by atoms with Crippen molar-refractivity contribution < 1.29 is 23.9 Å². The number of halogens is 1. The van der Waals surface area contributed by atoms with E-state index in [1.165, 1.54) is 12.1 Å². The Kier molecular flexibility index (Phi) is 9.71. The van der Waals surface area contributed by atoms with Crippen LogP contribution in [0.25, 0.3) is 0 Å². The van der Waals surface area contributed by atoms with Crippen LogP contribution in [0.2, 0.25) is 5.02 Å². The van der Waals surface area contributed by atoms with Crippen LogP contribution in [0.5, 0.6) is 0 Å². The summed E-state index contributed by atoms with van der Waals surface area (Å²) in [7, 11) is 0. The summed E-state index contributed by atoms with van der Waals surface area (Å²) >= 11 is 5.76. The number of benzene rings is 2. The second kappa shape index (κ2) is 12.5. The third-order valence-corrected chi connectivity index (χ3v) is 4.61. The summed E-state index contributed by atoms with van der Waals surface area (Å²) in [6, 6.07) is 12.6. The summed E-state index contributed by atoms with van der Waals surface area (Å²) in [5.41, 5.74) is 1.30. The molecule has 2 N–H and O–H groups in total. The standard InChI is InChI=1S/C23H25ClN2O5/c1-2-3-4-5-21(28)26-19-12-8-16(9-13-19)20(27)15-31-22(29)14-25-23(30)17-6-10-18(24)11-7-17/h6-13H,2-5,14-15H2,1H3,(H,25,30)(H,26,28). The number of carbonyl (C=O) groups excluding carboxylic acids is 4. The van der Waals surface area contributed by atoms with Crippen LogP contribution in [-0.2, 0) is 14.3 Å². The molecule has 8 heteroatoms. The van der Waals surface area contributed by atoms with Gasteiger partial charge in [-0.25, -0.2) is 0 Å². The molecule has 2 aromatic carbocycles. The van der Waals surface area contributed by atoms with Crippen LogP contribution >= 0.6 is 11.6 Å². The molecule has 2 amide bonds. The molecule has 2 aromatic rings. The van der Waals surface area contributed by atoms with Gasteiger partial charge in [0, 0.05) is 28.3 Å². The van der Waals surface area contributed by atoms with Gasteiger partial charge in [0.1, 0.15) is 6.54 Å². The maximum Gasteiger partial charge on any atom is 0.325 e. The van der Waals surface area contributed by atoms with Crippen LogP contribution in [0.3, 0.4) is 0 Å². The van der Waals surface area contributed by atoms with E-state index in [1.807, 2.05) is 0 Å². The first kappa shape index (κ1) is 24.1. The first-order valence-corrected chi connectivity index (χ1v) is 10.4. The number of esters is 1. The monoisotopic (exact) mass is 444 g/mol. The molecule has 2 rings (SSSR count). The zero-order valence-corrected chi connectivity index (χ0v) is 18.0. The zero-order valence-electron chi connectivity index (χ0n) is 17.3. The van der Waals surface area contributed by atoms with E-state index in [0.717, 1.165) is 19.3 Å². The summed E-state index contributed by atoms with van der Waals surface area (Å²) in [5.74, 6) is -1.64. The molecule has 0 heterocycles. The lowest BCUT2D eigenvalue weighted by atomic mass is 10.1. The minimum atomic E-state index is -0.730. The zero-order chi connectivity index (χ0) is 22.6. The SMILES string of the molecule is CCCCCC(=O)Nc1ccc(C(=O)COC(=O)CNC(=O)c2ccc(Cl)cc2)cc1. The first-order valence-electron chi connectivity index (χ1n) is 10.0. The number of anilines is 1. The Bertz CT molecular complexity index is 911. The average molecular weight is 445 g/mol. The highest BCUT2D eigenvalue weighted by Crippen LogP contribution is 2.12. The average Bonchev–Trinajstić information content (AvgIpc) is 2.77. The first-order chi connectivity index (χ1) is 14.9. The van der Waals surface area contributed by atoms with Gasteiger partial charge in [0.15, 0.2) is 12.4 Å². The summed E-state index contributed by atoms with van der Waals surface area (Å²) in [4.78, 5) is 47.7. The molecule has 0 bridgehead atoms. The summed E-state index contributed by atoms with van der Waals surface area (Å²) in [5, 5.41) is 5.69. The van der Waals surface area contributed by atoms with E-state index in [-0.39, 0.29) is 12.5 Å². The van der Waals surface area contributed by atoms with Gasteiger partial charge in [0.2, 0.25) is 5.91 Å². The molecule has 0 unspecified atom stereocenters. The molecule has 0 saturated heterocycles. The third-order valence-electron chi connectivity index (χ3n) is 4.36. The van der Waals surface area contributed by atoms with E-state index in [1.54, 1.807) is 36.4 Å². The fourth-order valence-electron chi connectivity index (χ4n) is 2.63. The van der Waals surface area contributed by atoms with Gasteiger partial charge in [-0.3, -0.25) is 19.2 Å². The maximum atomic E-state index is 12.2. The minimum Gasteiger partial charge on any atom is -0.456 e. The second-order valence-electron chi connectivity index (χ2n) is 6.86. The lowest BCUT2D eigenvalue weighted by Gasteiger charge is -2.08. The van der Waals surface area contributed by atoms with Gasteiger partial charge in [0.05, 0.1) is 0 Å². The van der Waals surface area contributed by atoms with Crippen molar-refractivity contribution in [3.8, 4) is 0 Å². The molecule has 0 spiro atoms. The van der Waals surface area contributed by atoms with Crippen LogP contribution in [0, 0.1) is 0 Å². The fourth-order valence-corrected chi connectivity index (χ4v) is 2.76. The van der Waals surface area contributed by atoms with Gasteiger partial charge < -0.3 is 15.4 Å². The van der Waals surface area contributed by atoms with Gasteiger partial charge in [-0.1, -0.05) is 31.4 Å². The van der Waals surface area contributed by atoms with Crippen molar-refractivity contribution in [1.29, 1.82) is 0 Å². The Morgan fingerprint density at radius 1 is 0.903 bits per heavy atom. The van der Waals surface area contributed by atoms with Gasteiger partial charge in [0.25, 0.3) is 5.91 Å². The topological polar surface area (TPSA) is 102 Å². The van der Waals surface area contributed by atoms with Gasteiger partial charge in [-0.05, 0) is 55.0 Å². The lowest BCUT2D eigenvalue weighted by molar-refractivity contribution is -0.141. The summed E-state index contributed by atoms with van der Waals surface area (Å²) < 4.78 is 4.92. The van der Waals surface area contributed by atoms with E-state index in [2.05, 4.69) is 17.6 Å². The molecule has 0 fully saturated rings. The number of Topliss-reactive ketones (excluding diaryl/α,β-unsaturated/α-hetero) is 1. The Morgan fingerprint density at radius 3 is 2.19 bits per heavy atom. The third kappa shape index (κ3) is 8.60. The van der Waals surface area contributed by atoms with E-state index in [0.29, 0.717) is 28.3 Å². The molecule has 0 aliphatic heterocycles. The van der Waals surface area contributed by atoms with Crippen LogP contribution in [0.15, 0.2) is 48.5 Å². The quantitative estimate of drug-likeness (QED) is 0.309. The van der Waals surface area contributed by atoms with Gasteiger partial charge in [-0.15, -0.1) is 0 Å². The number of nitrogens with one attached hydrogen (secondary N) is 2. The number of hydrogen-bond donors (Lipinski definition) is 2. The van der Waals surface area contributed by atoms with E-state index >= 15 is 0 Å². The maximum absolute atomic E-state index is 12.2. The number of ether oxygens (including phenoxy) is 1. The predicted molar refractivity (Wildman–Crippen MR) is 118 cm³/mol. The predicted octanol–water partition coefficient (Wildman–Crippen LogP) is 4.01. The molecular formula is C23H25ClN2O5. The molecule has 0 aliphatic rings. The van der Waals surface area contributed by atoms with Crippen LogP contribution in [0.4, 0.5) is 5.69 Å². The van der Waals surface area contributed by atoms with Crippen molar-refractivity contribution in [2.75, 3.05) is 18.5 Å². The lowest BCUT2D eigenvalue weighted by Crippen LogP contribution is -2.31. The molecule has 31 heavy (non-hydrogen) atoms. The number of carbonyl (C=O) groups is 4. The smallest absolute Gasteiger partial charge is 0.325 e. The molecule has 0 aliphatic carbocycles. The van der Waals surface area contributed by atoms with Crippen molar-refractivity contribution in [2.45, 2.75) is 32.6 Å². The Hall–Kier alpha value is -3.19. The summed E-state index contributed by atoms with van der Waals surface area (Å²) in [6.07, 6.45) is 3.34. The second-order valence-corrected chi connectivity index (χ2v) is 7.29. The number of unbranched alkanes of at least 4 members (excludes halogenated alkanes) is 2. The molecule has 0 saturated carbocycles. The summed E-state index contributed by atoms with van der Waals surface area (Å²) in [6.45, 7) is 1.26. The van der Waals surface area contributed by atoms with Crippen LogP contribution in [-0.4, -0.2) is 36.7 Å². The Balaban J connectivity index is 1.73. The normalized spacial score (nSPS) is 10.3. The van der Waals surface area contributed by atoms with Gasteiger partial charge in [-0.2, -0.15) is 0 Å². The highest BCUT2D eigenvalue weighted by molar-refractivity contribution is 6.30. The molecule has 7 nitrogen and oxygen atoms in total. The van der Waals surface area contributed by atoms with Crippen molar-refractivity contribution in [1.82, 2.24) is 5.32 Å². The van der Waals surface area contributed by atoms with Crippen molar-refractivity contribution >= 4 is 40.9 Å². The Morgan fingerprint density at radius 2 is 1.55 bits per heavy atom. The number of ketones is 1. The highest BCUT2D eigenvalue weighted by atomic mass is 35.5. The van der Waals surface area contributed by atoms with E-state index in [9.17, 15) is 19.2 Å². The van der Waals surface area contributed by atoms with E-state index < -0.39 is 24.3 Å². The number of amides is 2. The van der Waals surface area contributed by atoms with Crippen LogP contribution < -0.4 is 10.6 Å². The fraction of sp³-hybridized carbons (Fsp3) is 0.304. The molecule has 0 radical (unpaired) electrons. The minimum absolute atomic E-state index is 0.0675. The highest BCUT2D eigenvalue weighted by Gasteiger charge is 2.12. The molecule has 164 valence electrons. The number of rotatable bonds is 11. The van der Waals surface area contributed by atoms with Crippen molar-refractivity contribution in [2.24, 2.45) is 0 Å².